The summed E-state index contributed by atoms with van der Waals surface area (Å²) >= 11 is 0. The Labute approximate surface area is 330 Å². The monoisotopic (exact) mass is 780 g/mol. The van der Waals surface area contributed by atoms with Gasteiger partial charge in [0, 0.05) is 91.1 Å². The molecule has 5 aliphatic heterocycles. The molecule has 0 atom stereocenters. The van der Waals surface area contributed by atoms with Gasteiger partial charge in [-0.05, 0) is 87.8 Å². The minimum Gasteiger partial charge on any atom is -0.744 e. The number of benzene rings is 2. The molecule has 0 aliphatic carbocycles. The highest BCUT2D eigenvalue weighted by molar-refractivity contribution is 7.85. The van der Waals surface area contributed by atoms with E-state index >= 15 is 0 Å². The number of hydrogen-bond acceptors (Lipinski definition) is 8. The maximum Gasteiger partial charge on any atom is 0.253 e. The van der Waals surface area contributed by atoms with Crippen molar-refractivity contribution in [3.8, 4) is 5.75 Å². The SMILES string of the molecule is CC(C)(C)C1=C/C(=C\C=C\C2=[N+](CCCCCC(=O)NCCN3C(=O)C=CC3=O)c3ccc(S(=O)(=O)[O-])cc3C2(C)C)c2cc3c4c(c2O1)CCCN4CCC3. The molecule has 0 radical (unpaired) electrons. The maximum atomic E-state index is 12.5. The van der Waals surface area contributed by atoms with Crippen molar-refractivity contribution >= 4 is 50.5 Å². The van der Waals surface area contributed by atoms with E-state index in [2.05, 4.69) is 65.9 Å². The molecule has 7 rings (SSSR count). The number of hydrogen-bond donors (Lipinski definition) is 1. The highest BCUT2D eigenvalue weighted by Gasteiger charge is 2.44. The van der Waals surface area contributed by atoms with Gasteiger partial charge < -0.3 is 19.5 Å². The molecule has 0 spiro atoms. The van der Waals surface area contributed by atoms with Crippen LogP contribution in [0.5, 0.6) is 5.75 Å². The van der Waals surface area contributed by atoms with Gasteiger partial charge in [-0.15, -0.1) is 0 Å². The molecule has 0 unspecified atom stereocenters. The van der Waals surface area contributed by atoms with Crippen molar-refractivity contribution in [2.24, 2.45) is 5.41 Å². The molecule has 1 N–H and O–H groups in total. The zero-order valence-corrected chi connectivity index (χ0v) is 33.9. The molecule has 0 saturated heterocycles. The summed E-state index contributed by atoms with van der Waals surface area (Å²) in [7, 11) is -4.65. The second-order valence-electron chi connectivity index (χ2n) is 16.9. The Morgan fingerprint density at radius 1 is 1.04 bits per heavy atom. The molecule has 0 saturated carbocycles. The van der Waals surface area contributed by atoms with Crippen molar-refractivity contribution in [2.45, 2.75) is 96.3 Å². The fourth-order valence-corrected chi connectivity index (χ4v) is 9.10. The largest absolute Gasteiger partial charge is 0.744 e. The van der Waals surface area contributed by atoms with Gasteiger partial charge in [-0.25, -0.2) is 8.42 Å². The Bertz CT molecular complexity index is 2240. The second-order valence-corrected chi connectivity index (χ2v) is 18.3. The van der Waals surface area contributed by atoms with Gasteiger partial charge in [0.05, 0.1) is 10.3 Å². The van der Waals surface area contributed by atoms with Crippen molar-refractivity contribution < 1.29 is 36.7 Å². The van der Waals surface area contributed by atoms with E-state index in [-0.39, 0.29) is 41.1 Å². The first kappa shape index (κ1) is 39.4. The number of allylic oxidation sites excluding steroid dienone is 6. The summed E-state index contributed by atoms with van der Waals surface area (Å²) in [5.74, 6) is 1.01. The predicted octanol–water partition coefficient (Wildman–Crippen LogP) is 6.23. The molecule has 0 bridgehead atoms. The van der Waals surface area contributed by atoms with Crippen molar-refractivity contribution in [3.05, 3.63) is 88.7 Å². The third-order valence-electron chi connectivity index (χ3n) is 11.5. The first-order chi connectivity index (χ1) is 26.5. The molecule has 2 aromatic rings. The number of amides is 3. The standard InChI is InChI=1S/C44H52N4O7S/c1-43(2,3)37-27-29(33-26-30-13-10-22-46-23-11-14-32(41(30)46)42(33)55-37)12-9-15-36-44(4,5)34-28-31(56(52,53)54)17-18-35(34)47(36)24-8-6-7-16-38(49)45-21-25-48-39(50)19-20-40(48)51/h9,12,15,17-20,26-28H,6-8,10-11,13-14,16,21-25H2,1-5H3,(H-,45,49,52,53,54). The van der Waals surface area contributed by atoms with Gasteiger partial charge in [0.15, 0.2) is 5.71 Å². The number of fused-ring (bicyclic) bond motifs is 3. The second kappa shape index (κ2) is 15.3. The molecule has 3 amide bonds. The van der Waals surface area contributed by atoms with Crippen LogP contribution in [0, 0.1) is 5.41 Å². The quantitative estimate of drug-likeness (QED) is 0.116. The molecule has 12 heteroatoms. The number of carbonyl (C=O) groups excluding carboxylic acids is 3. The van der Waals surface area contributed by atoms with Gasteiger partial charge in [-0.2, -0.15) is 4.58 Å². The van der Waals surface area contributed by atoms with E-state index in [1.165, 1.54) is 41.1 Å². The van der Waals surface area contributed by atoms with E-state index in [9.17, 15) is 27.4 Å². The lowest BCUT2D eigenvalue weighted by Crippen LogP contribution is -2.38. The number of nitrogens with zero attached hydrogens (tertiary/aromatic N) is 3. The van der Waals surface area contributed by atoms with E-state index in [1.807, 2.05) is 13.8 Å². The molecule has 56 heavy (non-hydrogen) atoms. The van der Waals surface area contributed by atoms with Crippen molar-refractivity contribution in [3.63, 3.8) is 0 Å². The zero-order chi connectivity index (χ0) is 40.0. The van der Waals surface area contributed by atoms with Crippen LogP contribution in [0.15, 0.2) is 71.4 Å². The van der Waals surface area contributed by atoms with E-state index in [4.69, 9.17) is 4.74 Å². The minimum atomic E-state index is -4.65. The topological polar surface area (TPSA) is 139 Å². The van der Waals surface area contributed by atoms with Gasteiger partial charge >= 0.3 is 0 Å². The number of ether oxygens (including phenoxy) is 1. The molecule has 11 nitrogen and oxygen atoms in total. The number of nitrogens with one attached hydrogen (secondary N) is 1. The smallest absolute Gasteiger partial charge is 0.253 e. The Hall–Kier alpha value is -4.81. The maximum absolute atomic E-state index is 12.5. The van der Waals surface area contributed by atoms with E-state index in [0.29, 0.717) is 19.4 Å². The fourth-order valence-electron chi connectivity index (χ4n) is 8.60. The van der Waals surface area contributed by atoms with Crippen molar-refractivity contribution in [1.82, 2.24) is 10.2 Å². The van der Waals surface area contributed by atoms with E-state index < -0.39 is 15.5 Å². The van der Waals surface area contributed by atoms with Crippen LogP contribution in [0.4, 0.5) is 11.4 Å². The Morgan fingerprint density at radius 2 is 1.77 bits per heavy atom. The fraction of sp³-hybridized carbons (Fsp3) is 0.455. The van der Waals surface area contributed by atoms with Crippen LogP contribution in [-0.2, 0) is 42.8 Å². The Balaban J connectivity index is 1.13. The summed E-state index contributed by atoms with van der Waals surface area (Å²) in [4.78, 5) is 39.4. The van der Waals surface area contributed by atoms with Crippen LogP contribution in [0.1, 0.15) is 95.4 Å². The number of aryl methyl sites for hydroxylation is 1. The molecule has 5 heterocycles. The van der Waals surface area contributed by atoms with E-state index in [0.717, 1.165) is 96.1 Å². The number of carbonyl (C=O) groups is 3. The predicted molar refractivity (Wildman–Crippen MR) is 215 cm³/mol. The number of unbranched alkanes of at least 4 members (excludes halogenated alkanes) is 2. The molecule has 2 aromatic carbocycles. The summed E-state index contributed by atoms with van der Waals surface area (Å²) in [6.07, 6.45) is 17.7. The summed E-state index contributed by atoms with van der Waals surface area (Å²) in [6.45, 7) is 13.7. The van der Waals surface area contributed by atoms with Gasteiger partial charge in [-0.1, -0.05) is 32.9 Å². The highest BCUT2D eigenvalue weighted by Crippen LogP contribution is 2.49. The first-order valence-corrected chi connectivity index (χ1v) is 21.2. The Morgan fingerprint density at radius 3 is 2.48 bits per heavy atom. The molecular formula is C44H52N4O7S. The normalized spacial score (nSPS) is 19.4. The summed E-state index contributed by atoms with van der Waals surface area (Å²) in [5.41, 5.74) is 8.06. The zero-order valence-electron chi connectivity index (χ0n) is 33.1. The first-order valence-electron chi connectivity index (χ1n) is 19.8. The number of rotatable bonds is 12. The van der Waals surface area contributed by atoms with Gasteiger partial charge in [0.1, 0.15) is 28.2 Å². The summed E-state index contributed by atoms with van der Waals surface area (Å²) < 4.78 is 45.2. The van der Waals surface area contributed by atoms with Crippen LogP contribution in [0.2, 0.25) is 0 Å². The highest BCUT2D eigenvalue weighted by atomic mass is 32.2. The lowest BCUT2D eigenvalue weighted by Gasteiger charge is -2.40. The van der Waals surface area contributed by atoms with Crippen LogP contribution >= 0.6 is 0 Å². The van der Waals surface area contributed by atoms with Gasteiger partial charge in [-0.3, -0.25) is 19.3 Å². The lowest BCUT2D eigenvalue weighted by atomic mass is 9.81. The third kappa shape index (κ3) is 7.78. The third-order valence-corrected chi connectivity index (χ3v) is 12.4. The van der Waals surface area contributed by atoms with Gasteiger partial charge in [0.2, 0.25) is 11.6 Å². The number of imide groups is 1. The van der Waals surface area contributed by atoms with Crippen molar-refractivity contribution in [2.75, 3.05) is 37.6 Å². The van der Waals surface area contributed by atoms with Crippen LogP contribution in [0.3, 0.4) is 0 Å². The van der Waals surface area contributed by atoms with Crippen molar-refractivity contribution in [1.29, 1.82) is 0 Å². The average molecular weight is 781 g/mol. The molecular weight excluding hydrogens is 729 g/mol. The van der Waals surface area contributed by atoms with Crippen LogP contribution in [-0.4, -0.2) is 78.6 Å². The van der Waals surface area contributed by atoms with Crippen LogP contribution < -0.4 is 15.0 Å². The Kier molecular flexibility index (Phi) is 10.7. The molecule has 0 fully saturated rings. The molecule has 5 aliphatic rings. The minimum absolute atomic E-state index is 0.134. The van der Waals surface area contributed by atoms with Gasteiger partial charge in [0.25, 0.3) is 11.8 Å². The molecule has 0 aromatic heterocycles. The summed E-state index contributed by atoms with van der Waals surface area (Å²) in [5, 5.41) is 2.79. The van der Waals surface area contributed by atoms with Crippen LogP contribution in [0.25, 0.3) is 5.57 Å². The summed E-state index contributed by atoms with van der Waals surface area (Å²) in [6, 6.07) is 6.95. The average Bonchev–Trinajstić information content (AvgIpc) is 3.57. The molecule has 296 valence electrons. The number of anilines is 1. The lowest BCUT2D eigenvalue weighted by molar-refractivity contribution is -0.438. The van der Waals surface area contributed by atoms with E-state index in [1.54, 1.807) is 6.07 Å².